The van der Waals surface area contributed by atoms with E-state index in [4.69, 9.17) is 29.0 Å². The summed E-state index contributed by atoms with van der Waals surface area (Å²) in [5.74, 6) is 5.71. The van der Waals surface area contributed by atoms with Crippen LogP contribution in [-0.2, 0) is 6.42 Å². The minimum atomic E-state index is -0.0414. The first-order valence-corrected chi connectivity index (χ1v) is 7.73. The van der Waals surface area contributed by atoms with Gasteiger partial charge in [-0.15, -0.1) is 0 Å². The molecule has 0 spiro atoms. The summed E-state index contributed by atoms with van der Waals surface area (Å²) in [6.45, 7) is 2.05. The van der Waals surface area contributed by atoms with E-state index in [1.807, 2.05) is 24.3 Å². The van der Waals surface area contributed by atoms with Gasteiger partial charge in [0.25, 0.3) is 0 Å². The average molecular weight is 374 g/mol. The molecule has 2 rings (SSSR count). The van der Waals surface area contributed by atoms with Crippen LogP contribution in [0.2, 0.25) is 10.0 Å². The van der Waals surface area contributed by atoms with Crippen LogP contribution < -0.4 is 11.3 Å². The van der Waals surface area contributed by atoms with Crippen molar-refractivity contribution in [2.75, 3.05) is 0 Å². The number of hydrogen-bond donors (Lipinski definition) is 2. The highest BCUT2D eigenvalue weighted by atomic mass is 79.9. The molecule has 0 aliphatic rings. The molecule has 0 saturated heterocycles. The Morgan fingerprint density at radius 3 is 2.70 bits per heavy atom. The number of benzene rings is 2. The molecule has 5 heteroatoms. The fourth-order valence-corrected chi connectivity index (χ4v) is 3.04. The van der Waals surface area contributed by atoms with E-state index in [1.165, 1.54) is 5.56 Å². The molecule has 0 radical (unpaired) electrons. The summed E-state index contributed by atoms with van der Waals surface area (Å²) in [6.07, 6.45) is 0.665. The van der Waals surface area contributed by atoms with E-state index in [1.54, 1.807) is 6.07 Å². The topological polar surface area (TPSA) is 38.0 Å². The molecule has 0 aliphatic carbocycles. The number of nitrogens with one attached hydrogen (secondary N) is 1. The van der Waals surface area contributed by atoms with E-state index in [0.717, 1.165) is 15.6 Å². The van der Waals surface area contributed by atoms with Crippen LogP contribution in [0.15, 0.2) is 40.9 Å². The van der Waals surface area contributed by atoms with Gasteiger partial charge in [0, 0.05) is 4.47 Å². The SMILES string of the molecule is Cc1ccc(Br)c(C(Cc2cccc(Cl)c2Cl)NN)c1. The summed E-state index contributed by atoms with van der Waals surface area (Å²) >= 11 is 15.9. The third-order valence-corrected chi connectivity index (χ3v) is 4.76. The lowest BCUT2D eigenvalue weighted by atomic mass is 9.98. The van der Waals surface area contributed by atoms with Crippen molar-refractivity contribution in [2.24, 2.45) is 5.84 Å². The Labute approximate surface area is 137 Å². The maximum absolute atomic E-state index is 6.24. The van der Waals surface area contributed by atoms with E-state index >= 15 is 0 Å². The van der Waals surface area contributed by atoms with Gasteiger partial charge in [0.1, 0.15) is 0 Å². The summed E-state index contributed by atoms with van der Waals surface area (Å²) in [7, 11) is 0. The molecule has 2 nitrogen and oxygen atoms in total. The highest BCUT2D eigenvalue weighted by molar-refractivity contribution is 9.10. The second kappa shape index (κ2) is 6.92. The first kappa shape index (κ1) is 15.8. The number of hydrogen-bond acceptors (Lipinski definition) is 2. The number of hydrazine groups is 1. The molecule has 1 unspecified atom stereocenters. The van der Waals surface area contributed by atoms with Crippen molar-refractivity contribution in [3.63, 3.8) is 0 Å². The second-order valence-electron chi connectivity index (χ2n) is 4.66. The predicted octanol–water partition coefficient (Wildman–Crippen LogP) is 4.81. The lowest BCUT2D eigenvalue weighted by Gasteiger charge is -2.19. The number of rotatable bonds is 4. The Hall–Kier alpha value is -0.580. The Balaban J connectivity index is 2.34. The largest absolute Gasteiger partial charge is 0.271 e. The van der Waals surface area contributed by atoms with Crippen molar-refractivity contribution in [1.82, 2.24) is 5.43 Å². The molecular formula is C15H15BrCl2N2. The fraction of sp³-hybridized carbons (Fsp3) is 0.200. The molecule has 0 bridgehead atoms. The van der Waals surface area contributed by atoms with Crippen molar-refractivity contribution in [3.05, 3.63) is 67.6 Å². The molecule has 0 amide bonds. The molecule has 0 heterocycles. The van der Waals surface area contributed by atoms with Crippen LogP contribution in [0.1, 0.15) is 22.7 Å². The van der Waals surface area contributed by atoms with Gasteiger partial charge >= 0.3 is 0 Å². The third kappa shape index (κ3) is 3.54. The Kier molecular flexibility index (Phi) is 5.47. The molecule has 2 aromatic rings. The van der Waals surface area contributed by atoms with Crippen LogP contribution in [0.3, 0.4) is 0 Å². The minimum absolute atomic E-state index is 0.0414. The van der Waals surface area contributed by atoms with Gasteiger partial charge in [-0.25, -0.2) is 0 Å². The zero-order chi connectivity index (χ0) is 14.7. The number of nitrogens with two attached hydrogens (primary N) is 1. The van der Waals surface area contributed by atoms with Crippen molar-refractivity contribution in [2.45, 2.75) is 19.4 Å². The van der Waals surface area contributed by atoms with Gasteiger partial charge in [-0.05, 0) is 36.6 Å². The first-order chi connectivity index (χ1) is 9.52. The maximum atomic E-state index is 6.24. The van der Waals surface area contributed by atoms with E-state index in [-0.39, 0.29) is 6.04 Å². The lowest BCUT2D eigenvalue weighted by Crippen LogP contribution is -2.30. The van der Waals surface area contributed by atoms with E-state index < -0.39 is 0 Å². The Morgan fingerprint density at radius 2 is 2.00 bits per heavy atom. The zero-order valence-corrected chi connectivity index (χ0v) is 14.1. The van der Waals surface area contributed by atoms with Crippen LogP contribution >= 0.6 is 39.1 Å². The molecule has 0 fully saturated rings. The summed E-state index contributed by atoms with van der Waals surface area (Å²) in [4.78, 5) is 0. The predicted molar refractivity (Wildman–Crippen MR) is 89.1 cm³/mol. The summed E-state index contributed by atoms with van der Waals surface area (Å²) in [5.41, 5.74) is 6.10. The quantitative estimate of drug-likeness (QED) is 0.596. The molecule has 0 aromatic heterocycles. The van der Waals surface area contributed by atoms with Crippen molar-refractivity contribution in [3.8, 4) is 0 Å². The van der Waals surface area contributed by atoms with E-state index in [9.17, 15) is 0 Å². The smallest absolute Gasteiger partial charge is 0.0624 e. The number of aryl methyl sites for hydroxylation is 1. The summed E-state index contributed by atoms with van der Waals surface area (Å²) in [6, 6.07) is 11.8. The van der Waals surface area contributed by atoms with Crippen LogP contribution in [0.25, 0.3) is 0 Å². The zero-order valence-electron chi connectivity index (χ0n) is 11.0. The standard InChI is InChI=1S/C15H15BrCl2N2/c1-9-5-6-12(16)11(7-9)14(20-19)8-10-3-2-4-13(17)15(10)18/h2-7,14,20H,8,19H2,1H3. The lowest BCUT2D eigenvalue weighted by molar-refractivity contribution is 0.550. The molecule has 0 aliphatic heterocycles. The van der Waals surface area contributed by atoms with Gasteiger partial charge in [-0.2, -0.15) is 0 Å². The molecule has 2 aromatic carbocycles. The monoisotopic (exact) mass is 372 g/mol. The van der Waals surface area contributed by atoms with Gasteiger partial charge in [0.2, 0.25) is 0 Å². The van der Waals surface area contributed by atoms with Crippen LogP contribution in [0.4, 0.5) is 0 Å². The molecule has 3 N–H and O–H groups in total. The molecule has 106 valence electrons. The van der Waals surface area contributed by atoms with Gasteiger partial charge in [-0.3, -0.25) is 11.3 Å². The molecule has 20 heavy (non-hydrogen) atoms. The molecule has 1 atom stereocenters. The highest BCUT2D eigenvalue weighted by Crippen LogP contribution is 2.31. The maximum Gasteiger partial charge on any atom is 0.0624 e. The van der Waals surface area contributed by atoms with Crippen molar-refractivity contribution in [1.29, 1.82) is 0 Å². The van der Waals surface area contributed by atoms with E-state index in [0.29, 0.717) is 16.5 Å². The number of halogens is 3. The Morgan fingerprint density at radius 1 is 1.25 bits per heavy atom. The third-order valence-electron chi connectivity index (χ3n) is 3.18. The normalized spacial score (nSPS) is 12.4. The fourth-order valence-electron chi connectivity index (χ4n) is 2.11. The molecule has 0 saturated carbocycles. The first-order valence-electron chi connectivity index (χ1n) is 6.18. The van der Waals surface area contributed by atoms with Gasteiger partial charge in [-0.1, -0.05) is 69.0 Å². The average Bonchev–Trinajstić information content (AvgIpc) is 2.43. The van der Waals surface area contributed by atoms with Crippen LogP contribution in [-0.4, -0.2) is 0 Å². The van der Waals surface area contributed by atoms with Crippen LogP contribution in [0.5, 0.6) is 0 Å². The van der Waals surface area contributed by atoms with Gasteiger partial charge < -0.3 is 0 Å². The van der Waals surface area contributed by atoms with Crippen LogP contribution in [0, 0.1) is 6.92 Å². The summed E-state index contributed by atoms with van der Waals surface area (Å²) in [5, 5.41) is 1.14. The van der Waals surface area contributed by atoms with Crippen molar-refractivity contribution < 1.29 is 0 Å². The summed E-state index contributed by atoms with van der Waals surface area (Å²) < 4.78 is 1.02. The van der Waals surface area contributed by atoms with Crippen molar-refractivity contribution >= 4 is 39.1 Å². The van der Waals surface area contributed by atoms with Gasteiger partial charge in [0.15, 0.2) is 0 Å². The highest BCUT2D eigenvalue weighted by Gasteiger charge is 2.16. The van der Waals surface area contributed by atoms with Gasteiger partial charge in [0.05, 0.1) is 16.1 Å². The Bertz CT molecular complexity index is 617. The molecular weight excluding hydrogens is 359 g/mol. The minimum Gasteiger partial charge on any atom is -0.271 e. The van der Waals surface area contributed by atoms with E-state index in [2.05, 4.69) is 34.3 Å². The second-order valence-corrected chi connectivity index (χ2v) is 6.30.